The van der Waals surface area contributed by atoms with E-state index in [9.17, 15) is 17.6 Å². The van der Waals surface area contributed by atoms with Crippen LogP contribution < -0.4 is 19.1 Å². The maximum absolute atomic E-state index is 13.2. The number of amides is 1. The third-order valence-corrected chi connectivity index (χ3v) is 8.42. The molecule has 1 saturated carbocycles. The molecule has 4 aromatic rings. The highest BCUT2D eigenvalue weighted by Crippen LogP contribution is 2.50. The van der Waals surface area contributed by atoms with E-state index in [4.69, 9.17) is 18.6 Å². The first-order valence-corrected chi connectivity index (χ1v) is 15.2. The lowest BCUT2D eigenvalue weighted by molar-refractivity contribution is 0.194. The molecule has 1 aromatic heterocycles. The number of hydrogen-bond acceptors (Lipinski definition) is 7. The maximum Gasteiger partial charge on any atom is 0.412 e. The van der Waals surface area contributed by atoms with Crippen molar-refractivity contribution in [2.24, 2.45) is 0 Å². The van der Waals surface area contributed by atoms with Gasteiger partial charge in [-0.1, -0.05) is 0 Å². The summed E-state index contributed by atoms with van der Waals surface area (Å²) in [6.07, 6.45) is 3.00. The van der Waals surface area contributed by atoms with Gasteiger partial charge in [-0.3, -0.25) is 4.31 Å². The molecule has 9 nitrogen and oxygen atoms in total. The predicted octanol–water partition coefficient (Wildman–Crippen LogP) is 6.18. The van der Waals surface area contributed by atoms with E-state index in [2.05, 4.69) is 5.32 Å². The van der Waals surface area contributed by atoms with Crippen LogP contribution in [0.4, 0.5) is 14.9 Å². The second-order valence-electron chi connectivity index (χ2n) is 10.2. The summed E-state index contributed by atoms with van der Waals surface area (Å²) >= 11 is 0. The zero-order valence-electron chi connectivity index (χ0n) is 22.6. The zero-order valence-corrected chi connectivity index (χ0v) is 23.4. The molecule has 0 radical (unpaired) electrons. The second kappa shape index (κ2) is 10.7. The number of fused-ring (bicyclic) bond motifs is 1. The van der Waals surface area contributed by atoms with E-state index in [1.165, 1.54) is 41.9 Å². The number of carbonyl (C=O) groups is 1. The van der Waals surface area contributed by atoms with Crippen LogP contribution in [0.5, 0.6) is 17.2 Å². The quantitative estimate of drug-likeness (QED) is 0.265. The fourth-order valence-electron chi connectivity index (χ4n) is 5.14. The first-order valence-electron chi connectivity index (χ1n) is 13.3. The Kier molecular flexibility index (Phi) is 7.08. The van der Waals surface area contributed by atoms with Crippen LogP contribution >= 0.6 is 0 Å². The van der Waals surface area contributed by atoms with E-state index in [0.717, 1.165) is 18.4 Å². The van der Waals surface area contributed by atoms with Gasteiger partial charge in [0.25, 0.3) is 0 Å². The van der Waals surface area contributed by atoms with E-state index in [0.29, 0.717) is 59.1 Å². The van der Waals surface area contributed by atoms with Crippen LogP contribution in [0.2, 0.25) is 0 Å². The highest BCUT2D eigenvalue weighted by atomic mass is 32.2. The summed E-state index contributed by atoms with van der Waals surface area (Å²) in [4.78, 5) is 12.4. The van der Waals surface area contributed by atoms with E-state index >= 15 is 0 Å². The molecule has 2 heterocycles. The Morgan fingerprint density at radius 3 is 2.29 bits per heavy atom. The van der Waals surface area contributed by atoms with Crippen molar-refractivity contribution in [3.63, 3.8) is 0 Å². The SMILES string of the molecule is CNC(=O)Oc1c(-c2ccc(Oc3ccc(F)cc3)cc2)oc2cc(N(C3CCOC3)S(C)(=O)=O)c(C3CC3)cc12. The molecule has 2 fully saturated rings. The molecule has 41 heavy (non-hydrogen) atoms. The third kappa shape index (κ3) is 5.59. The number of rotatable bonds is 8. The molecule has 0 bridgehead atoms. The fourth-order valence-corrected chi connectivity index (χ4v) is 6.36. The summed E-state index contributed by atoms with van der Waals surface area (Å²) in [5.41, 5.74) is 2.43. The average molecular weight is 581 g/mol. The number of hydrogen-bond donors (Lipinski definition) is 1. The van der Waals surface area contributed by atoms with Gasteiger partial charge in [-0.2, -0.15) is 0 Å². The standard InChI is InChI=1S/C30H29FN2O7S/c1-32-30(34)40-29-25-15-24(18-3-4-18)26(33(41(2,35)36)21-13-14-37-17-21)16-27(25)39-28(29)19-5-9-22(10-6-19)38-23-11-7-20(31)8-12-23/h5-12,15-16,18,21H,3-4,13-14,17H2,1-2H3,(H,32,34). The van der Waals surface area contributed by atoms with Crippen molar-refractivity contribution < 1.29 is 36.2 Å². The Balaban J connectivity index is 1.44. The molecule has 1 saturated heterocycles. The van der Waals surface area contributed by atoms with E-state index in [1.807, 2.05) is 6.07 Å². The van der Waals surface area contributed by atoms with Gasteiger partial charge in [0.1, 0.15) is 22.9 Å². The average Bonchev–Trinajstić information content (AvgIpc) is 3.55. The van der Waals surface area contributed by atoms with Crippen LogP contribution in [0.25, 0.3) is 22.3 Å². The summed E-state index contributed by atoms with van der Waals surface area (Å²) in [7, 11) is -2.16. The van der Waals surface area contributed by atoms with Crippen molar-refractivity contribution in [1.29, 1.82) is 0 Å². The Labute approximate surface area is 236 Å². The smallest absolute Gasteiger partial charge is 0.412 e. The maximum atomic E-state index is 13.2. The van der Waals surface area contributed by atoms with Crippen molar-refractivity contribution in [3.05, 3.63) is 72.0 Å². The lowest BCUT2D eigenvalue weighted by Gasteiger charge is -2.29. The van der Waals surface area contributed by atoms with Gasteiger partial charge in [0.05, 0.1) is 30.0 Å². The van der Waals surface area contributed by atoms with Gasteiger partial charge in [0.2, 0.25) is 10.0 Å². The zero-order chi connectivity index (χ0) is 28.7. The van der Waals surface area contributed by atoms with Crippen molar-refractivity contribution in [2.75, 3.05) is 30.8 Å². The lowest BCUT2D eigenvalue weighted by atomic mass is 10.0. The summed E-state index contributed by atoms with van der Waals surface area (Å²) < 4.78 is 64.1. The molecule has 214 valence electrons. The van der Waals surface area contributed by atoms with E-state index in [1.54, 1.807) is 30.3 Å². The van der Waals surface area contributed by atoms with Gasteiger partial charge in [0, 0.05) is 25.3 Å². The summed E-state index contributed by atoms with van der Waals surface area (Å²) in [5.74, 6) is 1.38. The Morgan fingerprint density at radius 1 is 1.02 bits per heavy atom. The number of furan rings is 1. The molecule has 1 atom stereocenters. The van der Waals surface area contributed by atoms with Gasteiger partial charge >= 0.3 is 6.09 Å². The highest BCUT2D eigenvalue weighted by Gasteiger charge is 2.37. The molecular formula is C30H29FN2O7S. The Bertz CT molecular complexity index is 1690. The first-order chi connectivity index (χ1) is 19.7. The largest absolute Gasteiger partial charge is 0.457 e. The number of anilines is 1. The molecule has 2 aliphatic rings. The van der Waals surface area contributed by atoms with Gasteiger partial charge in [-0.15, -0.1) is 0 Å². The van der Waals surface area contributed by atoms with Crippen LogP contribution in [0.15, 0.2) is 65.1 Å². The summed E-state index contributed by atoms with van der Waals surface area (Å²) in [6.45, 7) is 0.809. The first kappa shape index (κ1) is 27.1. The molecule has 1 aliphatic heterocycles. The molecule has 1 unspecified atom stereocenters. The van der Waals surface area contributed by atoms with E-state index in [-0.39, 0.29) is 23.5 Å². The molecule has 1 N–H and O–H groups in total. The number of nitrogens with one attached hydrogen (secondary N) is 1. The predicted molar refractivity (Wildman–Crippen MR) is 152 cm³/mol. The minimum Gasteiger partial charge on any atom is -0.457 e. The highest BCUT2D eigenvalue weighted by molar-refractivity contribution is 7.92. The Morgan fingerprint density at radius 2 is 1.71 bits per heavy atom. The lowest BCUT2D eigenvalue weighted by Crippen LogP contribution is -2.40. The molecular weight excluding hydrogens is 551 g/mol. The normalized spacial score (nSPS) is 17.0. The topological polar surface area (TPSA) is 107 Å². The minimum atomic E-state index is -3.63. The van der Waals surface area contributed by atoms with Gasteiger partial charge < -0.3 is 23.9 Å². The minimum absolute atomic E-state index is 0.190. The van der Waals surface area contributed by atoms with Gasteiger partial charge in [0.15, 0.2) is 11.5 Å². The van der Waals surface area contributed by atoms with Crippen molar-refractivity contribution in [3.8, 4) is 28.6 Å². The number of sulfonamides is 1. The summed E-state index contributed by atoms with van der Waals surface area (Å²) in [6, 6.07) is 16.0. The number of nitrogens with zero attached hydrogens (tertiary/aromatic N) is 1. The fraction of sp³-hybridized carbons (Fsp3) is 0.300. The van der Waals surface area contributed by atoms with Crippen LogP contribution in [-0.2, 0) is 14.8 Å². The molecule has 6 rings (SSSR count). The summed E-state index contributed by atoms with van der Waals surface area (Å²) in [5, 5.41) is 3.04. The van der Waals surface area contributed by atoms with Crippen molar-refractivity contribution >= 4 is 32.8 Å². The van der Waals surface area contributed by atoms with Gasteiger partial charge in [-0.05, 0) is 85.3 Å². The number of halogens is 1. The molecule has 1 aliphatic carbocycles. The van der Waals surface area contributed by atoms with Crippen molar-refractivity contribution in [2.45, 2.75) is 31.2 Å². The third-order valence-electron chi connectivity index (χ3n) is 7.21. The second-order valence-corrected chi connectivity index (χ2v) is 12.1. The van der Waals surface area contributed by atoms with Crippen LogP contribution in [-0.4, -0.2) is 47.1 Å². The van der Waals surface area contributed by atoms with Crippen LogP contribution in [0.3, 0.4) is 0 Å². The molecule has 0 spiro atoms. The monoisotopic (exact) mass is 580 g/mol. The van der Waals surface area contributed by atoms with E-state index < -0.39 is 16.1 Å². The van der Waals surface area contributed by atoms with Crippen molar-refractivity contribution in [1.82, 2.24) is 5.32 Å². The van der Waals surface area contributed by atoms with Crippen LogP contribution in [0.1, 0.15) is 30.7 Å². The molecule has 11 heteroatoms. The number of carbonyl (C=O) groups excluding carboxylic acids is 1. The molecule has 3 aromatic carbocycles. The van der Waals surface area contributed by atoms with Crippen LogP contribution in [0, 0.1) is 5.82 Å². The Hall–Kier alpha value is -4.09. The molecule has 1 amide bonds. The van der Waals surface area contributed by atoms with Gasteiger partial charge in [-0.25, -0.2) is 17.6 Å². The number of benzene rings is 3. The number of ether oxygens (including phenoxy) is 3.